The molecule has 0 radical (unpaired) electrons. The van der Waals surface area contributed by atoms with Crippen molar-refractivity contribution in [2.24, 2.45) is 0 Å². The van der Waals surface area contributed by atoms with Crippen molar-refractivity contribution < 1.29 is 14.6 Å². The fourth-order valence-corrected chi connectivity index (χ4v) is 1.85. The highest BCUT2D eigenvalue weighted by Gasteiger charge is 2.05. The van der Waals surface area contributed by atoms with E-state index in [1.54, 1.807) is 12.1 Å². The van der Waals surface area contributed by atoms with Crippen LogP contribution in [-0.2, 0) is 6.61 Å². The van der Waals surface area contributed by atoms with Gasteiger partial charge in [0.2, 0.25) is 0 Å². The van der Waals surface area contributed by atoms with Crippen LogP contribution in [-0.4, -0.2) is 16.1 Å². The Labute approximate surface area is 111 Å². The number of hydrogen-bond acceptors (Lipinski definition) is 3. The second-order valence-corrected chi connectivity index (χ2v) is 4.43. The van der Waals surface area contributed by atoms with E-state index in [1.165, 1.54) is 6.07 Å². The van der Waals surface area contributed by atoms with Crippen molar-refractivity contribution in [3.63, 3.8) is 0 Å². The maximum absolute atomic E-state index is 10.8. The summed E-state index contributed by atoms with van der Waals surface area (Å²) in [7, 11) is 0. The molecule has 2 rings (SSSR count). The van der Waals surface area contributed by atoms with Crippen LogP contribution in [0.4, 0.5) is 0 Å². The molecular formula is C15H15NO3. The van der Waals surface area contributed by atoms with Gasteiger partial charge in [-0.15, -0.1) is 0 Å². The third kappa shape index (κ3) is 3.55. The monoisotopic (exact) mass is 257 g/mol. The minimum Gasteiger partial charge on any atom is -0.487 e. The zero-order valence-corrected chi connectivity index (χ0v) is 10.9. The quantitative estimate of drug-likeness (QED) is 0.914. The first-order chi connectivity index (χ1) is 9.04. The maximum atomic E-state index is 10.8. The van der Waals surface area contributed by atoms with E-state index < -0.39 is 5.97 Å². The Balaban J connectivity index is 2.10. The highest BCUT2D eigenvalue weighted by atomic mass is 16.5. The Bertz CT molecular complexity index is 588. The molecule has 0 bridgehead atoms. The first-order valence-corrected chi connectivity index (χ1v) is 5.95. The zero-order chi connectivity index (χ0) is 13.8. The van der Waals surface area contributed by atoms with Gasteiger partial charge in [-0.2, -0.15) is 0 Å². The largest absolute Gasteiger partial charge is 0.487 e. The van der Waals surface area contributed by atoms with Crippen molar-refractivity contribution >= 4 is 5.97 Å². The number of pyridine rings is 1. The second kappa shape index (κ2) is 5.52. The number of carboxylic acid groups (broad SMARTS) is 1. The molecular weight excluding hydrogens is 242 g/mol. The van der Waals surface area contributed by atoms with Gasteiger partial charge < -0.3 is 9.84 Å². The van der Waals surface area contributed by atoms with Gasteiger partial charge in [-0.1, -0.05) is 12.1 Å². The highest BCUT2D eigenvalue weighted by Crippen LogP contribution is 2.17. The number of aromatic nitrogens is 1. The molecule has 4 heteroatoms. The number of ether oxygens (including phenoxy) is 1. The Morgan fingerprint density at radius 2 is 1.89 bits per heavy atom. The average molecular weight is 257 g/mol. The molecule has 0 saturated heterocycles. The molecule has 0 amide bonds. The standard InChI is InChI=1S/C15H15NO3/c1-10-6-11(2)8-13(7-10)19-9-12-4-3-5-14(16-12)15(17)18/h3-8H,9H2,1-2H3,(H,17,18). The number of nitrogens with zero attached hydrogens (tertiary/aromatic N) is 1. The molecule has 0 aliphatic rings. The topological polar surface area (TPSA) is 59.4 Å². The SMILES string of the molecule is Cc1cc(C)cc(OCc2cccc(C(=O)O)n2)c1. The van der Waals surface area contributed by atoms with Gasteiger partial charge in [0.25, 0.3) is 0 Å². The van der Waals surface area contributed by atoms with E-state index in [4.69, 9.17) is 9.84 Å². The van der Waals surface area contributed by atoms with E-state index in [9.17, 15) is 4.79 Å². The number of carbonyl (C=O) groups is 1. The van der Waals surface area contributed by atoms with Gasteiger partial charge in [0.1, 0.15) is 18.1 Å². The maximum Gasteiger partial charge on any atom is 0.354 e. The number of aryl methyl sites for hydroxylation is 2. The summed E-state index contributed by atoms with van der Waals surface area (Å²) in [5.74, 6) is -0.270. The van der Waals surface area contributed by atoms with Gasteiger partial charge in [0.15, 0.2) is 0 Å². The molecule has 1 heterocycles. The molecule has 19 heavy (non-hydrogen) atoms. The number of benzene rings is 1. The normalized spacial score (nSPS) is 10.2. The molecule has 0 fully saturated rings. The lowest BCUT2D eigenvalue weighted by Gasteiger charge is -2.08. The third-order valence-electron chi connectivity index (χ3n) is 2.61. The summed E-state index contributed by atoms with van der Waals surface area (Å²) in [5.41, 5.74) is 2.88. The van der Waals surface area contributed by atoms with Gasteiger partial charge in [0.05, 0.1) is 5.69 Å². The zero-order valence-electron chi connectivity index (χ0n) is 10.9. The molecule has 0 unspecified atom stereocenters. The minimum absolute atomic E-state index is 0.0292. The van der Waals surface area contributed by atoms with Crippen LogP contribution in [0.15, 0.2) is 36.4 Å². The number of hydrogen-bond donors (Lipinski definition) is 1. The van der Waals surface area contributed by atoms with Crippen LogP contribution in [0.5, 0.6) is 5.75 Å². The summed E-state index contributed by atoms with van der Waals surface area (Å²) in [4.78, 5) is 14.8. The van der Waals surface area contributed by atoms with Gasteiger partial charge >= 0.3 is 5.97 Å². The van der Waals surface area contributed by atoms with Crippen LogP contribution in [0.25, 0.3) is 0 Å². The third-order valence-corrected chi connectivity index (χ3v) is 2.61. The van der Waals surface area contributed by atoms with Crippen molar-refractivity contribution in [1.29, 1.82) is 0 Å². The average Bonchev–Trinajstić information content (AvgIpc) is 2.35. The predicted molar refractivity (Wildman–Crippen MR) is 71.4 cm³/mol. The Morgan fingerprint density at radius 3 is 2.53 bits per heavy atom. The summed E-state index contributed by atoms with van der Waals surface area (Å²) >= 11 is 0. The van der Waals surface area contributed by atoms with Crippen LogP contribution in [0.1, 0.15) is 27.3 Å². The molecule has 0 aliphatic heterocycles. The molecule has 98 valence electrons. The fraction of sp³-hybridized carbons (Fsp3) is 0.200. The molecule has 0 aliphatic carbocycles. The molecule has 2 aromatic rings. The summed E-state index contributed by atoms with van der Waals surface area (Å²) in [6, 6.07) is 10.8. The summed E-state index contributed by atoms with van der Waals surface area (Å²) < 4.78 is 5.63. The molecule has 1 aromatic carbocycles. The van der Waals surface area contributed by atoms with Crippen molar-refractivity contribution in [2.75, 3.05) is 0 Å². The van der Waals surface area contributed by atoms with E-state index in [0.29, 0.717) is 5.69 Å². The minimum atomic E-state index is -1.03. The molecule has 0 spiro atoms. The lowest BCUT2D eigenvalue weighted by Crippen LogP contribution is -2.05. The van der Waals surface area contributed by atoms with E-state index in [0.717, 1.165) is 16.9 Å². The lowest BCUT2D eigenvalue weighted by molar-refractivity contribution is 0.0690. The summed E-state index contributed by atoms with van der Waals surface area (Å²) in [6.45, 7) is 4.26. The fourth-order valence-electron chi connectivity index (χ4n) is 1.85. The molecule has 1 aromatic heterocycles. The van der Waals surface area contributed by atoms with E-state index in [1.807, 2.05) is 26.0 Å². The van der Waals surface area contributed by atoms with Crippen molar-refractivity contribution in [3.8, 4) is 5.75 Å². The number of carboxylic acids is 1. The van der Waals surface area contributed by atoms with Gasteiger partial charge in [0, 0.05) is 0 Å². The predicted octanol–water partition coefficient (Wildman–Crippen LogP) is 2.98. The van der Waals surface area contributed by atoms with Crippen LogP contribution >= 0.6 is 0 Å². The van der Waals surface area contributed by atoms with Gasteiger partial charge in [-0.25, -0.2) is 9.78 Å². The van der Waals surface area contributed by atoms with E-state index in [-0.39, 0.29) is 12.3 Å². The first kappa shape index (κ1) is 13.1. The van der Waals surface area contributed by atoms with E-state index in [2.05, 4.69) is 11.1 Å². The number of aromatic carboxylic acids is 1. The van der Waals surface area contributed by atoms with E-state index >= 15 is 0 Å². The molecule has 0 saturated carbocycles. The molecule has 1 N–H and O–H groups in total. The Hall–Kier alpha value is -2.36. The second-order valence-electron chi connectivity index (χ2n) is 4.43. The lowest BCUT2D eigenvalue weighted by atomic mass is 10.1. The van der Waals surface area contributed by atoms with Crippen LogP contribution in [0, 0.1) is 13.8 Å². The smallest absolute Gasteiger partial charge is 0.354 e. The molecule has 4 nitrogen and oxygen atoms in total. The Morgan fingerprint density at radius 1 is 1.21 bits per heavy atom. The highest BCUT2D eigenvalue weighted by molar-refractivity contribution is 5.85. The number of rotatable bonds is 4. The first-order valence-electron chi connectivity index (χ1n) is 5.95. The summed E-state index contributed by atoms with van der Waals surface area (Å²) in [6.07, 6.45) is 0. The van der Waals surface area contributed by atoms with Crippen molar-refractivity contribution in [3.05, 3.63) is 58.9 Å². The van der Waals surface area contributed by atoms with Crippen molar-refractivity contribution in [2.45, 2.75) is 20.5 Å². The Kier molecular flexibility index (Phi) is 3.80. The van der Waals surface area contributed by atoms with Crippen molar-refractivity contribution in [1.82, 2.24) is 4.98 Å². The van der Waals surface area contributed by atoms with Crippen LogP contribution in [0.2, 0.25) is 0 Å². The van der Waals surface area contributed by atoms with Crippen LogP contribution in [0.3, 0.4) is 0 Å². The molecule has 0 atom stereocenters. The van der Waals surface area contributed by atoms with Gasteiger partial charge in [-0.05, 0) is 49.2 Å². The van der Waals surface area contributed by atoms with Crippen LogP contribution < -0.4 is 4.74 Å². The summed E-state index contributed by atoms with van der Waals surface area (Å²) in [5, 5.41) is 8.86. The van der Waals surface area contributed by atoms with Gasteiger partial charge in [-0.3, -0.25) is 0 Å².